The van der Waals surface area contributed by atoms with Gasteiger partial charge in [-0.3, -0.25) is 9.69 Å². The van der Waals surface area contributed by atoms with E-state index in [2.05, 4.69) is 44.8 Å². The van der Waals surface area contributed by atoms with Crippen molar-refractivity contribution in [2.45, 2.75) is 44.6 Å². The lowest BCUT2D eigenvalue weighted by Crippen LogP contribution is -2.45. The second-order valence-corrected chi connectivity index (χ2v) is 13.0. The number of aromatic nitrogens is 1. The Labute approximate surface area is 250 Å². The van der Waals surface area contributed by atoms with Crippen molar-refractivity contribution < 1.29 is 14.7 Å². The van der Waals surface area contributed by atoms with Crippen LogP contribution in [-0.2, 0) is 5.41 Å². The van der Waals surface area contributed by atoms with Crippen LogP contribution in [-0.4, -0.2) is 47.3 Å². The summed E-state index contributed by atoms with van der Waals surface area (Å²) in [4.78, 5) is 35.0. The van der Waals surface area contributed by atoms with Crippen LogP contribution in [0.2, 0.25) is 0 Å². The van der Waals surface area contributed by atoms with Gasteiger partial charge in [-0.2, -0.15) is 0 Å². The predicted molar refractivity (Wildman–Crippen MR) is 170 cm³/mol. The summed E-state index contributed by atoms with van der Waals surface area (Å²) in [6, 6.07) is 21.7. The van der Waals surface area contributed by atoms with Crippen LogP contribution in [0.4, 0.5) is 27.7 Å². The van der Waals surface area contributed by atoms with Crippen molar-refractivity contribution in [3.63, 3.8) is 0 Å². The molecule has 8 nitrogen and oxygen atoms in total. The highest BCUT2D eigenvalue weighted by molar-refractivity contribution is 7.13. The quantitative estimate of drug-likeness (QED) is 0.229. The normalized spacial score (nSPS) is 15.6. The van der Waals surface area contributed by atoms with Crippen molar-refractivity contribution in [1.82, 2.24) is 4.98 Å². The molecule has 4 aromatic rings. The number of fused-ring (bicyclic) bond motifs is 2. The van der Waals surface area contributed by atoms with E-state index in [0.29, 0.717) is 16.9 Å². The number of nitrogens with zero attached hydrogens (tertiary/aromatic N) is 3. The van der Waals surface area contributed by atoms with Gasteiger partial charge in [0.05, 0.1) is 16.9 Å². The van der Waals surface area contributed by atoms with Gasteiger partial charge in [-0.1, -0.05) is 30.3 Å². The molecule has 42 heavy (non-hydrogen) atoms. The molecular weight excluding hydrogens is 546 g/mol. The molecule has 2 aliphatic rings. The first kappa shape index (κ1) is 27.8. The van der Waals surface area contributed by atoms with E-state index < -0.39 is 11.6 Å². The highest BCUT2D eigenvalue weighted by Crippen LogP contribution is 2.44. The summed E-state index contributed by atoms with van der Waals surface area (Å²) in [5, 5.41) is 18.6. The van der Waals surface area contributed by atoms with Gasteiger partial charge in [0.1, 0.15) is 5.82 Å². The molecule has 2 aliphatic heterocycles. The molecule has 2 aromatic heterocycles. The summed E-state index contributed by atoms with van der Waals surface area (Å²) in [5.74, 6) is 0.509. The first-order valence-electron chi connectivity index (χ1n) is 14.2. The molecule has 0 aliphatic carbocycles. The lowest BCUT2D eigenvalue weighted by Gasteiger charge is -2.40. The van der Waals surface area contributed by atoms with Crippen LogP contribution >= 0.6 is 11.3 Å². The Hall–Kier alpha value is -4.37. The molecule has 1 saturated heterocycles. The van der Waals surface area contributed by atoms with Crippen LogP contribution in [0.1, 0.15) is 49.5 Å². The van der Waals surface area contributed by atoms with E-state index >= 15 is 0 Å². The number of hydrogen-bond acceptors (Lipinski definition) is 6. The number of carbonyl (C=O) groups excluding carboxylic acids is 1. The van der Waals surface area contributed by atoms with Crippen LogP contribution < -0.4 is 20.4 Å². The first-order valence-corrected chi connectivity index (χ1v) is 15.1. The summed E-state index contributed by atoms with van der Waals surface area (Å²) >= 11 is 1.58. The molecule has 6 rings (SSSR count). The van der Waals surface area contributed by atoms with Crippen molar-refractivity contribution in [1.29, 1.82) is 0 Å². The van der Waals surface area contributed by atoms with E-state index in [-0.39, 0.29) is 11.3 Å². The van der Waals surface area contributed by atoms with Crippen molar-refractivity contribution in [3.05, 3.63) is 89.4 Å². The molecule has 0 radical (unpaired) electrons. The van der Waals surface area contributed by atoms with Crippen LogP contribution in [0.5, 0.6) is 0 Å². The maximum atomic E-state index is 13.4. The van der Waals surface area contributed by atoms with Gasteiger partial charge in [-0.25, -0.2) is 9.78 Å². The Morgan fingerprint density at radius 1 is 1.05 bits per heavy atom. The van der Waals surface area contributed by atoms with Crippen LogP contribution in [0.3, 0.4) is 0 Å². The third-order valence-corrected chi connectivity index (χ3v) is 9.24. The topological polar surface area (TPSA) is 97.8 Å². The maximum Gasteiger partial charge on any atom is 0.412 e. The first-order chi connectivity index (χ1) is 20.1. The number of benzene rings is 2. The minimum atomic E-state index is -1.09. The van der Waals surface area contributed by atoms with Crippen molar-refractivity contribution in [2.75, 3.05) is 40.1 Å². The van der Waals surface area contributed by atoms with Gasteiger partial charge in [0.15, 0.2) is 0 Å². The Balaban J connectivity index is 1.20. The Morgan fingerprint density at radius 3 is 2.50 bits per heavy atom. The van der Waals surface area contributed by atoms with Crippen LogP contribution in [0, 0.1) is 0 Å². The van der Waals surface area contributed by atoms with E-state index in [1.54, 1.807) is 29.7 Å². The predicted octanol–water partition coefficient (Wildman–Crippen LogP) is 7.31. The number of pyridine rings is 1. The van der Waals surface area contributed by atoms with Crippen molar-refractivity contribution in [2.24, 2.45) is 0 Å². The number of anilines is 4. The molecule has 0 unspecified atom stereocenters. The molecule has 4 heterocycles. The second kappa shape index (κ2) is 10.8. The van der Waals surface area contributed by atoms with E-state index in [1.807, 2.05) is 56.5 Å². The average Bonchev–Trinajstić information content (AvgIpc) is 3.63. The lowest BCUT2D eigenvalue weighted by atomic mass is 9.74. The molecule has 2 amide bonds. The molecular formula is C33H35N5O3S. The summed E-state index contributed by atoms with van der Waals surface area (Å²) in [5.41, 5.74) is 4.27. The fourth-order valence-electron chi connectivity index (χ4n) is 6.15. The summed E-state index contributed by atoms with van der Waals surface area (Å²) in [6.45, 7) is 8.24. The van der Waals surface area contributed by atoms with Crippen molar-refractivity contribution >= 4 is 46.2 Å². The van der Waals surface area contributed by atoms with E-state index in [9.17, 15) is 14.7 Å². The second-order valence-electron chi connectivity index (χ2n) is 12.0. The smallest absolute Gasteiger partial charge is 0.412 e. The number of hydrogen-bond donors (Lipinski definition) is 3. The standard InChI is InChI=1S/C33H35N5O3S/c1-32(2,3)38(31(40)41)27-12-10-22(28-9-6-18-42-28)19-26(27)36-30(39)23-11-13-29(34-20-23)37-16-14-33(15-17-37)21-35-25-8-5-4-7-24(25)33/h4-13,18-20,35H,14-17,21H2,1-3H3,(H,36,39)(H,40,41). The van der Waals surface area contributed by atoms with E-state index in [1.165, 1.54) is 16.2 Å². The number of nitrogens with one attached hydrogen (secondary N) is 2. The zero-order valence-corrected chi connectivity index (χ0v) is 24.9. The Kier molecular flexibility index (Phi) is 7.14. The molecule has 0 saturated carbocycles. The molecule has 216 valence electrons. The van der Waals surface area contributed by atoms with Crippen molar-refractivity contribution in [3.8, 4) is 10.4 Å². The Morgan fingerprint density at radius 2 is 1.83 bits per heavy atom. The fraction of sp³-hybridized carbons (Fsp3) is 0.303. The van der Waals surface area contributed by atoms with Gasteiger partial charge in [0.25, 0.3) is 5.91 Å². The number of piperidine rings is 1. The lowest BCUT2D eigenvalue weighted by molar-refractivity contribution is 0.102. The van der Waals surface area contributed by atoms with Gasteiger partial charge in [0, 0.05) is 47.3 Å². The zero-order chi connectivity index (χ0) is 29.5. The molecule has 0 atom stereocenters. The number of carbonyl (C=O) groups is 2. The molecule has 3 N–H and O–H groups in total. The molecule has 1 fully saturated rings. The van der Waals surface area contributed by atoms with Gasteiger partial charge in [-0.15, -0.1) is 11.3 Å². The number of amides is 2. The SMILES string of the molecule is CC(C)(C)N(C(=O)O)c1ccc(-c2cccs2)cc1NC(=O)c1ccc(N2CCC3(CC2)CNc2ccccc23)nc1. The van der Waals surface area contributed by atoms with E-state index in [4.69, 9.17) is 0 Å². The summed E-state index contributed by atoms with van der Waals surface area (Å²) < 4.78 is 0. The Bertz CT molecular complexity index is 1600. The maximum absolute atomic E-state index is 13.4. The molecule has 0 bridgehead atoms. The third-order valence-electron chi connectivity index (χ3n) is 8.32. The van der Waals surface area contributed by atoms with Crippen LogP contribution in [0.25, 0.3) is 10.4 Å². The highest BCUT2D eigenvalue weighted by Gasteiger charge is 2.41. The third kappa shape index (κ3) is 5.20. The molecule has 9 heteroatoms. The minimum Gasteiger partial charge on any atom is -0.465 e. The summed E-state index contributed by atoms with van der Waals surface area (Å²) in [6.07, 6.45) is 2.59. The van der Waals surface area contributed by atoms with Gasteiger partial charge in [-0.05, 0) is 86.5 Å². The molecule has 1 spiro atoms. The number of rotatable bonds is 5. The average molecular weight is 582 g/mol. The monoisotopic (exact) mass is 581 g/mol. The number of carboxylic acid groups (broad SMARTS) is 1. The van der Waals surface area contributed by atoms with Crippen LogP contribution in [0.15, 0.2) is 78.3 Å². The zero-order valence-electron chi connectivity index (χ0n) is 24.1. The fourth-order valence-corrected chi connectivity index (χ4v) is 6.87. The molecule has 2 aromatic carbocycles. The number of para-hydroxylation sites is 1. The highest BCUT2D eigenvalue weighted by atomic mass is 32.1. The number of thiophene rings is 1. The largest absolute Gasteiger partial charge is 0.465 e. The minimum absolute atomic E-state index is 0.166. The van der Waals surface area contributed by atoms with Gasteiger partial charge >= 0.3 is 6.09 Å². The van der Waals surface area contributed by atoms with Gasteiger partial charge in [0.2, 0.25) is 0 Å². The summed E-state index contributed by atoms with van der Waals surface area (Å²) in [7, 11) is 0. The van der Waals surface area contributed by atoms with E-state index in [0.717, 1.165) is 48.7 Å². The van der Waals surface area contributed by atoms with Gasteiger partial charge < -0.3 is 20.6 Å².